The average Bonchev–Trinajstić information content (AvgIpc) is 3.11. The molecule has 0 fully saturated rings. The summed E-state index contributed by atoms with van der Waals surface area (Å²) < 4.78 is 45.5. The minimum atomic E-state index is -0.528. The van der Waals surface area contributed by atoms with E-state index in [0.29, 0.717) is 59.4 Å². The first-order valence-corrected chi connectivity index (χ1v) is 15.3. The van der Waals surface area contributed by atoms with Crippen LogP contribution in [0.3, 0.4) is 0 Å². The highest BCUT2D eigenvalue weighted by Crippen LogP contribution is 2.55. The van der Waals surface area contributed by atoms with Crippen molar-refractivity contribution >= 4 is 0 Å². The fourth-order valence-electron chi connectivity index (χ4n) is 6.59. The second-order valence-corrected chi connectivity index (χ2v) is 11.4. The molecule has 2 atom stereocenters. The van der Waals surface area contributed by atoms with E-state index in [0.717, 1.165) is 11.1 Å². The van der Waals surface area contributed by atoms with E-state index in [9.17, 15) is 20.4 Å². The summed E-state index contributed by atoms with van der Waals surface area (Å²) >= 11 is 0. The van der Waals surface area contributed by atoms with Gasteiger partial charge in [-0.25, -0.2) is 0 Å². The second-order valence-electron chi connectivity index (χ2n) is 11.4. The van der Waals surface area contributed by atoms with Crippen LogP contribution in [0.25, 0.3) is 11.1 Å². The van der Waals surface area contributed by atoms with E-state index in [1.807, 2.05) is 0 Å². The van der Waals surface area contributed by atoms with E-state index in [4.69, 9.17) is 37.9 Å². The highest BCUT2D eigenvalue weighted by atomic mass is 16.5. The number of benzene rings is 4. The van der Waals surface area contributed by atoms with Gasteiger partial charge in [0.15, 0.2) is 46.0 Å². The molecule has 254 valence electrons. The molecule has 4 N–H and O–H groups in total. The Morgan fingerprint density at radius 1 is 0.500 bits per heavy atom. The van der Waals surface area contributed by atoms with Gasteiger partial charge in [0.05, 0.1) is 42.7 Å². The number of rotatable bonds is 9. The van der Waals surface area contributed by atoms with Gasteiger partial charge in [-0.2, -0.15) is 0 Å². The topological polar surface area (TPSA) is 155 Å². The molecule has 0 saturated carbocycles. The molecule has 0 amide bonds. The first-order valence-electron chi connectivity index (χ1n) is 15.3. The fourth-order valence-corrected chi connectivity index (χ4v) is 6.59. The SMILES string of the molecule is COc1cc(-c2cc(OC)c(O)c3c2CC[C@@H](c2cc(O)c(OC)c(OC)c2)O3)c2c(c1O)O[C@H](c1cc(O)c(OC)c(OC)c1)CC2. The molecular formula is C36H38O12. The van der Waals surface area contributed by atoms with Crippen molar-refractivity contribution in [3.05, 3.63) is 58.7 Å². The molecule has 0 radical (unpaired) electrons. The first kappa shape index (κ1) is 32.4. The van der Waals surface area contributed by atoms with E-state index in [1.165, 1.54) is 42.7 Å². The zero-order valence-corrected chi connectivity index (χ0v) is 27.5. The molecule has 0 saturated heterocycles. The quantitative estimate of drug-likeness (QED) is 0.158. The second kappa shape index (κ2) is 12.9. The Labute approximate surface area is 277 Å². The number of phenolic OH excluding ortho intramolecular Hbond substituents is 4. The Hall–Kier alpha value is -5.52. The molecule has 48 heavy (non-hydrogen) atoms. The van der Waals surface area contributed by atoms with Crippen molar-refractivity contribution in [3.63, 3.8) is 0 Å². The number of hydrogen-bond donors (Lipinski definition) is 4. The number of methoxy groups -OCH3 is 6. The van der Waals surface area contributed by atoms with Crippen molar-refractivity contribution in [3.8, 4) is 80.1 Å². The summed E-state index contributed by atoms with van der Waals surface area (Å²) in [5, 5.41) is 43.8. The Morgan fingerprint density at radius 2 is 0.875 bits per heavy atom. The van der Waals surface area contributed by atoms with Gasteiger partial charge in [-0.3, -0.25) is 0 Å². The standard InChI is InChI=1S/C36H38O12/c1-41-27-15-21(19-7-9-25(47-33(19)31(27)39)17-11-23(37)35(45-5)29(13-17)43-3)22-16-28(42-2)32(40)34-20(22)8-10-26(48-34)18-12-24(38)36(46-6)30(14-18)44-4/h11-16,25-26,37-40H,7-10H2,1-6H3/t25-,26-/m0/s1. The predicted octanol–water partition coefficient (Wildman–Crippen LogP) is 6.36. The Bertz CT molecular complexity index is 1730. The summed E-state index contributed by atoms with van der Waals surface area (Å²) in [5.41, 5.74) is 4.18. The Kier molecular flexibility index (Phi) is 8.74. The van der Waals surface area contributed by atoms with Gasteiger partial charge < -0.3 is 58.3 Å². The molecule has 4 aromatic carbocycles. The highest BCUT2D eigenvalue weighted by molar-refractivity contribution is 5.82. The Balaban J connectivity index is 1.44. The monoisotopic (exact) mass is 662 g/mol. The number of fused-ring (bicyclic) bond motifs is 2. The third kappa shape index (κ3) is 5.36. The molecule has 12 nitrogen and oxygen atoms in total. The summed E-state index contributed by atoms with van der Waals surface area (Å²) in [7, 11) is 8.77. The molecular weight excluding hydrogens is 624 g/mol. The van der Waals surface area contributed by atoms with Crippen molar-refractivity contribution in [2.75, 3.05) is 42.7 Å². The lowest BCUT2D eigenvalue weighted by atomic mass is 9.85. The van der Waals surface area contributed by atoms with E-state index < -0.39 is 12.2 Å². The summed E-state index contributed by atoms with van der Waals surface area (Å²) in [6, 6.07) is 10.1. The molecule has 6 rings (SSSR count). The van der Waals surface area contributed by atoms with E-state index >= 15 is 0 Å². The largest absolute Gasteiger partial charge is 0.504 e. The first-order chi connectivity index (χ1) is 23.2. The molecule has 2 heterocycles. The number of hydrogen-bond acceptors (Lipinski definition) is 12. The lowest BCUT2D eigenvalue weighted by Gasteiger charge is -2.32. The van der Waals surface area contributed by atoms with Crippen molar-refractivity contribution < 1.29 is 58.3 Å². The summed E-state index contributed by atoms with van der Waals surface area (Å²) in [6.07, 6.45) is 0.959. The molecule has 0 bridgehead atoms. The smallest absolute Gasteiger partial charge is 0.203 e. The van der Waals surface area contributed by atoms with E-state index in [2.05, 4.69) is 0 Å². The van der Waals surface area contributed by atoms with Gasteiger partial charge >= 0.3 is 0 Å². The van der Waals surface area contributed by atoms with Crippen molar-refractivity contribution in [1.29, 1.82) is 0 Å². The van der Waals surface area contributed by atoms with Gasteiger partial charge in [0.25, 0.3) is 0 Å². The van der Waals surface area contributed by atoms with Gasteiger partial charge in [-0.1, -0.05) is 0 Å². The van der Waals surface area contributed by atoms with Crippen LogP contribution < -0.4 is 37.9 Å². The minimum absolute atomic E-state index is 0.0961. The lowest BCUT2D eigenvalue weighted by molar-refractivity contribution is 0.166. The van der Waals surface area contributed by atoms with Gasteiger partial charge in [-0.15, -0.1) is 0 Å². The van der Waals surface area contributed by atoms with Gasteiger partial charge in [-0.05, 0) is 84.3 Å². The van der Waals surface area contributed by atoms with Crippen LogP contribution in [0.2, 0.25) is 0 Å². The maximum atomic E-state index is 11.3. The van der Waals surface area contributed by atoms with Crippen molar-refractivity contribution in [2.45, 2.75) is 37.9 Å². The van der Waals surface area contributed by atoms with Crippen LogP contribution in [-0.4, -0.2) is 63.1 Å². The third-order valence-corrected chi connectivity index (χ3v) is 8.92. The highest BCUT2D eigenvalue weighted by Gasteiger charge is 2.34. The normalized spacial score (nSPS) is 16.5. The average molecular weight is 663 g/mol. The van der Waals surface area contributed by atoms with Crippen LogP contribution in [-0.2, 0) is 12.8 Å². The number of ether oxygens (including phenoxy) is 8. The van der Waals surface area contributed by atoms with Crippen LogP contribution >= 0.6 is 0 Å². The molecule has 0 aromatic heterocycles. The van der Waals surface area contributed by atoms with Crippen LogP contribution in [0, 0.1) is 0 Å². The van der Waals surface area contributed by atoms with Gasteiger partial charge in [0.2, 0.25) is 23.0 Å². The van der Waals surface area contributed by atoms with Crippen molar-refractivity contribution in [1.82, 2.24) is 0 Å². The van der Waals surface area contributed by atoms with E-state index in [-0.39, 0.29) is 57.5 Å². The van der Waals surface area contributed by atoms with Crippen LogP contribution in [0.4, 0.5) is 0 Å². The summed E-state index contributed by atoms with van der Waals surface area (Å²) in [4.78, 5) is 0. The maximum absolute atomic E-state index is 11.3. The predicted molar refractivity (Wildman–Crippen MR) is 174 cm³/mol. The summed E-state index contributed by atoms with van der Waals surface area (Å²) in [5.74, 6) is 1.48. The van der Waals surface area contributed by atoms with Crippen LogP contribution in [0.1, 0.15) is 47.3 Å². The van der Waals surface area contributed by atoms with Gasteiger partial charge in [0.1, 0.15) is 12.2 Å². The molecule has 0 spiro atoms. The Morgan fingerprint density at radius 3 is 1.21 bits per heavy atom. The molecule has 0 unspecified atom stereocenters. The zero-order chi connectivity index (χ0) is 34.3. The molecule has 2 aliphatic rings. The lowest BCUT2D eigenvalue weighted by Crippen LogP contribution is -2.18. The zero-order valence-electron chi connectivity index (χ0n) is 27.5. The molecule has 2 aliphatic heterocycles. The molecule has 4 aromatic rings. The number of aromatic hydroxyl groups is 4. The third-order valence-electron chi connectivity index (χ3n) is 8.92. The maximum Gasteiger partial charge on any atom is 0.203 e. The minimum Gasteiger partial charge on any atom is -0.504 e. The number of phenols is 4. The van der Waals surface area contributed by atoms with Gasteiger partial charge in [0, 0.05) is 11.1 Å². The van der Waals surface area contributed by atoms with E-state index in [1.54, 1.807) is 36.4 Å². The van der Waals surface area contributed by atoms with Crippen LogP contribution in [0.15, 0.2) is 36.4 Å². The fraction of sp³-hybridized carbons (Fsp3) is 0.333. The molecule has 12 heteroatoms. The molecule has 0 aliphatic carbocycles. The van der Waals surface area contributed by atoms with Crippen molar-refractivity contribution in [2.24, 2.45) is 0 Å². The van der Waals surface area contributed by atoms with Crippen LogP contribution in [0.5, 0.6) is 69.0 Å². The summed E-state index contributed by atoms with van der Waals surface area (Å²) in [6.45, 7) is 0.